The smallest absolute Gasteiger partial charge is 0.323 e. The summed E-state index contributed by atoms with van der Waals surface area (Å²) >= 11 is 11.9. The molecule has 1 aliphatic rings. The molecular formula is C23H29ClFN6O6PS. The Morgan fingerprint density at radius 3 is 2.74 bits per heavy atom. The summed E-state index contributed by atoms with van der Waals surface area (Å²) in [4.78, 5) is 25.0. The van der Waals surface area contributed by atoms with Gasteiger partial charge in [-0.2, -0.15) is 0 Å². The summed E-state index contributed by atoms with van der Waals surface area (Å²) < 4.78 is 39.8. The molecule has 3 heterocycles. The molecule has 0 bridgehead atoms. The molecule has 16 heteroatoms. The highest BCUT2D eigenvalue weighted by Gasteiger charge is 2.57. The van der Waals surface area contributed by atoms with Crippen molar-refractivity contribution in [3.8, 4) is 5.75 Å². The third kappa shape index (κ3) is 6.02. The maximum atomic E-state index is 15.6. The van der Waals surface area contributed by atoms with E-state index in [0.717, 1.165) is 0 Å². The Morgan fingerprint density at radius 2 is 2.10 bits per heavy atom. The van der Waals surface area contributed by atoms with E-state index in [0.29, 0.717) is 28.6 Å². The van der Waals surface area contributed by atoms with Crippen molar-refractivity contribution in [2.45, 2.75) is 44.0 Å². The minimum Gasteiger partial charge on any atom is -0.468 e. The number of nitrogens with zero attached hydrogens (tertiary/aromatic N) is 4. The third-order valence-corrected chi connectivity index (χ3v) is 9.03. The van der Waals surface area contributed by atoms with Crippen molar-refractivity contribution in [2.75, 3.05) is 32.0 Å². The maximum absolute atomic E-state index is 15.6. The molecule has 0 spiro atoms. The second kappa shape index (κ2) is 12.0. The van der Waals surface area contributed by atoms with E-state index >= 15 is 4.39 Å². The summed E-state index contributed by atoms with van der Waals surface area (Å²) in [6.07, 6.45) is -3.60. The van der Waals surface area contributed by atoms with Crippen LogP contribution in [0, 0.1) is 6.92 Å². The molecule has 3 aromatic rings. The first-order chi connectivity index (χ1) is 18.6. The maximum Gasteiger partial charge on any atom is 0.323 e. The summed E-state index contributed by atoms with van der Waals surface area (Å²) in [6.45, 7) is -0.729. The first-order valence-corrected chi connectivity index (χ1v) is 15.0. The Hall–Kier alpha value is -2.45. The summed E-state index contributed by atoms with van der Waals surface area (Å²) in [5.74, 6) is 0.323. The number of anilines is 1. The monoisotopic (exact) mass is 602 g/mol. The van der Waals surface area contributed by atoms with E-state index in [2.05, 4.69) is 25.4 Å². The number of rotatable bonds is 11. The van der Waals surface area contributed by atoms with Crippen molar-refractivity contribution in [1.29, 1.82) is 0 Å². The van der Waals surface area contributed by atoms with Crippen LogP contribution in [0.4, 0.5) is 10.2 Å². The molecule has 1 saturated heterocycles. The van der Waals surface area contributed by atoms with Gasteiger partial charge in [0.2, 0.25) is 0 Å². The van der Waals surface area contributed by atoms with Crippen LogP contribution in [0.2, 0.25) is 0 Å². The van der Waals surface area contributed by atoms with E-state index in [9.17, 15) is 9.90 Å². The number of ether oxygens (including phenoxy) is 2. The predicted molar refractivity (Wildman–Crippen MR) is 146 cm³/mol. The van der Waals surface area contributed by atoms with Gasteiger partial charge in [-0.05, 0) is 37.8 Å². The number of aromatic nitrogens is 4. The highest BCUT2D eigenvalue weighted by atomic mass is 35.5. The molecule has 0 unspecified atom stereocenters. The van der Waals surface area contributed by atoms with Crippen molar-refractivity contribution in [2.24, 2.45) is 0 Å². The lowest BCUT2D eigenvalue weighted by atomic mass is 9.99. The van der Waals surface area contributed by atoms with Gasteiger partial charge in [0.05, 0.1) is 25.9 Å². The van der Waals surface area contributed by atoms with Crippen LogP contribution in [0.1, 0.15) is 19.0 Å². The number of aryl methyl sites for hydroxylation is 1. The van der Waals surface area contributed by atoms with Crippen LogP contribution in [0.5, 0.6) is 5.75 Å². The van der Waals surface area contributed by atoms with Crippen LogP contribution in [0.3, 0.4) is 0 Å². The van der Waals surface area contributed by atoms with Gasteiger partial charge in [0.25, 0.3) is 0 Å². The Kier molecular flexibility index (Phi) is 9.06. The van der Waals surface area contributed by atoms with Crippen LogP contribution < -0.4 is 14.9 Å². The van der Waals surface area contributed by atoms with Crippen LogP contribution in [0.25, 0.3) is 11.2 Å². The molecule has 39 heavy (non-hydrogen) atoms. The van der Waals surface area contributed by atoms with E-state index in [1.54, 1.807) is 44.3 Å². The number of hydrogen-bond acceptors (Lipinski definition) is 11. The topological polar surface area (TPSA) is 142 Å². The SMILES string of the molecule is CNc1nc(C)nc2c1ncn2[C@@H]1O[C@](CCl)(CO[P@@](=S)(N[C@H](C)C(=O)OC)Oc2ccccc2)[C@@H](O)[C@H]1F. The molecule has 1 aliphatic heterocycles. The molecule has 0 aliphatic carbocycles. The fourth-order valence-electron chi connectivity index (χ4n) is 4.06. The van der Waals surface area contributed by atoms with E-state index < -0.39 is 49.4 Å². The number of hydrogen-bond donors (Lipinski definition) is 3. The van der Waals surface area contributed by atoms with Crippen molar-refractivity contribution in [3.63, 3.8) is 0 Å². The average molecular weight is 603 g/mol. The van der Waals surface area contributed by atoms with Gasteiger partial charge in [0.1, 0.15) is 29.3 Å². The van der Waals surface area contributed by atoms with E-state index in [1.807, 2.05) is 0 Å². The zero-order chi connectivity index (χ0) is 28.4. The number of carbonyl (C=O) groups excluding carboxylic acids is 1. The van der Waals surface area contributed by atoms with E-state index in [1.165, 1.54) is 24.9 Å². The van der Waals surface area contributed by atoms with Gasteiger partial charge in [0.15, 0.2) is 29.4 Å². The third-order valence-electron chi connectivity index (χ3n) is 6.09. The van der Waals surface area contributed by atoms with Gasteiger partial charge >= 0.3 is 12.6 Å². The zero-order valence-corrected chi connectivity index (χ0v) is 24.0. The first-order valence-electron chi connectivity index (χ1n) is 11.9. The summed E-state index contributed by atoms with van der Waals surface area (Å²) in [7, 11) is 2.92. The minimum atomic E-state index is -3.49. The Bertz CT molecular complexity index is 1370. The van der Waals surface area contributed by atoms with Crippen molar-refractivity contribution >= 4 is 53.0 Å². The highest BCUT2D eigenvalue weighted by Crippen LogP contribution is 2.49. The number of aliphatic hydroxyl groups is 1. The lowest BCUT2D eigenvalue weighted by Crippen LogP contribution is -2.48. The average Bonchev–Trinajstić information content (AvgIpc) is 3.45. The number of fused-ring (bicyclic) bond motifs is 1. The standard InChI is InChI=1S/C23H29ClFN6O6PS/c1-13(22(33)34-4)30-38(39,37-15-8-6-5-7-9-15)35-11-23(10-24)18(32)16(25)21(36-23)31-12-27-17-19(26-3)28-14(2)29-20(17)31/h5-9,12-13,16,18,21,32H,10-11H2,1-4H3,(H,30,39)(H,26,28,29)/t13-,16-,18+,21-,23-,38+/m1/s1. The number of esters is 1. The second-order valence-corrected chi connectivity index (χ2v) is 12.2. The van der Waals surface area contributed by atoms with E-state index in [4.69, 9.17) is 41.9 Å². The van der Waals surface area contributed by atoms with Crippen molar-refractivity contribution in [1.82, 2.24) is 24.6 Å². The molecular weight excluding hydrogens is 574 g/mol. The molecule has 212 valence electrons. The molecule has 12 nitrogen and oxygen atoms in total. The number of carbonyl (C=O) groups is 1. The molecule has 1 aromatic carbocycles. The van der Waals surface area contributed by atoms with Gasteiger partial charge in [-0.3, -0.25) is 9.36 Å². The van der Waals surface area contributed by atoms with Crippen molar-refractivity contribution in [3.05, 3.63) is 42.5 Å². The normalized spacial score (nSPS) is 25.3. The molecule has 0 radical (unpaired) electrons. The number of aliphatic hydroxyl groups excluding tert-OH is 1. The lowest BCUT2D eigenvalue weighted by molar-refractivity contribution is -0.142. The lowest BCUT2D eigenvalue weighted by Gasteiger charge is -2.33. The number of methoxy groups -OCH3 is 1. The fourth-order valence-corrected chi connectivity index (χ4v) is 6.79. The molecule has 3 N–H and O–H groups in total. The number of alkyl halides is 2. The minimum absolute atomic E-state index is 0.309. The quantitative estimate of drug-likeness (QED) is 0.169. The number of imidazole rings is 1. The van der Waals surface area contributed by atoms with Crippen LogP contribution in [-0.4, -0.2) is 81.2 Å². The Morgan fingerprint density at radius 1 is 1.38 bits per heavy atom. The molecule has 0 saturated carbocycles. The largest absolute Gasteiger partial charge is 0.468 e. The van der Waals surface area contributed by atoms with Gasteiger partial charge < -0.3 is 28.9 Å². The highest BCUT2D eigenvalue weighted by molar-refractivity contribution is 8.09. The number of halogens is 2. The second-order valence-electron chi connectivity index (χ2n) is 8.84. The molecule has 6 atom stereocenters. The van der Waals surface area contributed by atoms with Gasteiger partial charge in [-0.1, -0.05) is 18.2 Å². The molecule has 2 aromatic heterocycles. The van der Waals surface area contributed by atoms with Crippen LogP contribution >= 0.6 is 18.2 Å². The van der Waals surface area contributed by atoms with Crippen LogP contribution in [-0.2, 0) is 30.6 Å². The van der Waals surface area contributed by atoms with Crippen LogP contribution in [0.15, 0.2) is 36.7 Å². The Labute approximate surface area is 234 Å². The van der Waals surface area contributed by atoms with Gasteiger partial charge in [-0.25, -0.2) is 24.4 Å². The molecule has 0 amide bonds. The first kappa shape index (κ1) is 29.5. The summed E-state index contributed by atoms with van der Waals surface area (Å²) in [5.41, 5.74) is -1.01. The fraction of sp³-hybridized carbons (Fsp3) is 0.478. The predicted octanol–water partition coefficient (Wildman–Crippen LogP) is 2.85. The molecule has 1 fully saturated rings. The van der Waals surface area contributed by atoms with Gasteiger partial charge in [-0.15, -0.1) is 11.6 Å². The number of benzene rings is 1. The zero-order valence-electron chi connectivity index (χ0n) is 21.6. The van der Waals surface area contributed by atoms with Crippen molar-refractivity contribution < 1.29 is 32.8 Å². The summed E-state index contributed by atoms with van der Waals surface area (Å²) in [6, 6.07) is 7.69. The van der Waals surface area contributed by atoms with Gasteiger partial charge in [0, 0.05) is 7.05 Å². The van der Waals surface area contributed by atoms with E-state index in [-0.39, 0.29) is 5.88 Å². The summed E-state index contributed by atoms with van der Waals surface area (Å²) in [5, 5.41) is 16.8. The number of para-hydroxylation sites is 1. The Balaban J connectivity index is 1.62. The molecule has 4 rings (SSSR count). The number of nitrogens with one attached hydrogen (secondary N) is 2.